The van der Waals surface area contributed by atoms with Crippen LogP contribution < -0.4 is 0 Å². The van der Waals surface area contributed by atoms with E-state index in [-0.39, 0.29) is 11.9 Å². The molecule has 0 spiro atoms. The Morgan fingerprint density at radius 2 is 2.26 bits per heavy atom. The highest BCUT2D eigenvalue weighted by atomic mass is 35.5. The maximum absolute atomic E-state index is 12.7. The number of halogens is 1. The summed E-state index contributed by atoms with van der Waals surface area (Å²) in [6.45, 7) is 1.43. The van der Waals surface area contributed by atoms with Gasteiger partial charge in [-0.3, -0.25) is 4.79 Å². The van der Waals surface area contributed by atoms with Gasteiger partial charge in [-0.2, -0.15) is 0 Å². The summed E-state index contributed by atoms with van der Waals surface area (Å²) in [5.74, 6) is 0.302. The fourth-order valence-corrected chi connectivity index (χ4v) is 3.32. The summed E-state index contributed by atoms with van der Waals surface area (Å²) >= 11 is 5.99. The first-order valence-corrected chi connectivity index (χ1v) is 8.04. The third-order valence-electron chi connectivity index (χ3n) is 4.32. The number of nitrogens with zero attached hydrogens (tertiary/aromatic N) is 3. The van der Waals surface area contributed by atoms with Crippen molar-refractivity contribution >= 4 is 28.5 Å². The number of amides is 1. The van der Waals surface area contributed by atoms with Gasteiger partial charge >= 0.3 is 0 Å². The van der Waals surface area contributed by atoms with Gasteiger partial charge in [-0.05, 0) is 37.1 Å². The van der Waals surface area contributed by atoms with E-state index in [1.54, 1.807) is 24.4 Å². The smallest absolute Gasteiger partial charge is 0.289 e. The van der Waals surface area contributed by atoms with Crippen LogP contribution in [0.25, 0.3) is 11.0 Å². The van der Waals surface area contributed by atoms with E-state index in [1.165, 1.54) is 0 Å². The Balaban J connectivity index is 1.57. The van der Waals surface area contributed by atoms with E-state index in [2.05, 4.69) is 9.55 Å². The molecule has 2 aromatic heterocycles. The normalized spacial score (nSPS) is 18.5. The summed E-state index contributed by atoms with van der Waals surface area (Å²) in [4.78, 5) is 18.7. The maximum Gasteiger partial charge on any atom is 0.289 e. The third kappa shape index (κ3) is 2.72. The molecule has 1 fully saturated rings. The topological polar surface area (TPSA) is 51.3 Å². The average molecular weight is 330 g/mol. The minimum atomic E-state index is -0.0675. The van der Waals surface area contributed by atoms with Crippen LogP contribution in [0.5, 0.6) is 0 Å². The van der Waals surface area contributed by atoms with Crippen LogP contribution in [-0.2, 0) is 0 Å². The number of piperidine rings is 1. The van der Waals surface area contributed by atoms with E-state index in [0.29, 0.717) is 22.9 Å². The fourth-order valence-electron chi connectivity index (χ4n) is 3.14. The Labute approximate surface area is 138 Å². The van der Waals surface area contributed by atoms with Gasteiger partial charge in [-0.1, -0.05) is 11.6 Å². The number of benzene rings is 1. The highest BCUT2D eigenvalue weighted by molar-refractivity contribution is 6.31. The molecule has 0 bridgehead atoms. The first-order chi connectivity index (χ1) is 11.2. The third-order valence-corrected chi connectivity index (χ3v) is 4.55. The number of rotatable bonds is 2. The van der Waals surface area contributed by atoms with Crippen molar-refractivity contribution in [3.63, 3.8) is 0 Å². The molecule has 118 valence electrons. The molecule has 1 saturated heterocycles. The molecule has 1 atom stereocenters. The van der Waals surface area contributed by atoms with Gasteiger partial charge in [0.05, 0.1) is 12.4 Å². The molecule has 6 heteroatoms. The quantitative estimate of drug-likeness (QED) is 0.719. The van der Waals surface area contributed by atoms with Crippen LogP contribution >= 0.6 is 11.6 Å². The average Bonchev–Trinajstić information content (AvgIpc) is 3.23. The number of fused-ring (bicyclic) bond motifs is 1. The molecule has 0 saturated carbocycles. The Morgan fingerprint density at radius 3 is 3.09 bits per heavy atom. The van der Waals surface area contributed by atoms with Crippen LogP contribution in [0.3, 0.4) is 0 Å². The fraction of sp³-hybridized carbons (Fsp3) is 0.294. The molecule has 23 heavy (non-hydrogen) atoms. The van der Waals surface area contributed by atoms with E-state index in [4.69, 9.17) is 16.0 Å². The number of likely N-dealkylation sites (tertiary alicyclic amines) is 1. The molecule has 0 unspecified atom stereocenters. The minimum absolute atomic E-state index is 0.0675. The zero-order chi connectivity index (χ0) is 15.8. The lowest BCUT2D eigenvalue weighted by Gasteiger charge is -2.32. The van der Waals surface area contributed by atoms with Gasteiger partial charge < -0.3 is 13.9 Å². The van der Waals surface area contributed by atoms with Crippen molar-refractivity contribution in [1.82, 2.24) is 14.5 Å². The van der Waals surface area contributed by atoms with Crippen LogP contribution in [-0.4, -0.2) is 33.4 Å². The molecule has 1 aromatic carbocycles. The number of imidazole rings is 1. The first kappa shape index (κ1) is 14.3. The highest BCUT2D eigenvalue weighted by Gasteiger charge is 2.27. The first-order valence-electron chi connectivity index (χ1n) is 7.66. The van der Waals surface area contributed by atoms with Crippen molar-refractivity contribution in [3.8, 4) is 0 Å². The molecule has 0 aliphatic carbocycles. The summed E-state index contributed by atoms with van der Waals surface area (Å²) in [6.07, 6.45) is 7.55. The van der Waals surface area contributed by atoms with Crippen LogP contribution in [0, 0.1) is 0 Å². The van der Waals surface area contributed by atoms with E-state index < -0.39 is 0 Å². The number of furan rings is 1. The van der Waals surface area contributed by atoms with E-state index in [0.717, 1.165) is 24.8 Å². The van der Waals surface area contributed by atoms with E-state index in [1.807, 2.05) is 23.5 Å². The Morgan fingerprint density at radius 1 is 1.35 bits per heavy atom. The molecule has 1 aliphatic rings. The van der Waals surface area contributed by atoms with Gasteiger partial charge in [0.2, 0.25) is 0 Å². The number of carbonyl (C=O) groups excluding carboxylic acids is 1. The van der Waals surface area contributed by atoms with Gasteiger partial charge in [-0.25, -0.2) is 4.98 Å². The van der Waals surface area contributed by atoms with Crippen molar-refractivity contribution < 1.29 is 9.21 Å². The molecular weight excluding hydrogens is 314 g/mol. The summed E-state index contributed by atoms with van der Waals surface area (Å²) in [7, 11) is 0. The monoisotopic (exact) mass is 329 g/mol. The van der Waals surface area contributed by atoms with Crippen molar-refractivity contribution in [2.24, 2.45) is 0 Å². The molecule has 3 heterocycles. The van der Waals surface area contributed by atoms with Crippen LogP contribution in [0.4, 0.5) is 0 Å². The Kier molecular flexibility index (Phi) is 3.58. The molecule has 3 aromatic rings. The second kappa shape index (κ2) is 5.74. The summed E-state index contributed by atoms with van der Waals surface area (Å²) in [6, 6.07) is 7.40. The summed E-state index contributed by atoms with van der Waals surface area (Å²) in [5.41, 5.74) is 0.681. The van der Waals surface area contributed by atoms with Gasteiger partial charge in [0, 0.05) is 35.9 Å². The number of hydrogen-bond acceptors (Lipinski definition) is 3. The predicted molar refractivity (Wildman–Crippen MR) is 87.6 cm³/mol. The second-order valence-corrected chi connectivity index (χ2v) is 6.29. The predicted octanol–water partition coefficient (Wildman–Crippen LogP) is 3.76. The molecule has 1 aliphatic heterocycles. The lowest BCUT2D eigenvalue weighted by atomic mass is 10.1. The van der Waals surface area contributed by atoms with Crippen molar-refractivity contribution in [1.29, 1.82) is 0 Å². The van der Waals surface area contributed by atoms with E-state index >= 15 is 0 Å². The molecule has 0 N–H and O–H groups in total. The Hall–Kier alpha value is -2.27. The zero-order valence-corrected chi connectivity index (χ0v) is 13.2. The Bertz CT molecular complexity index is 841. The van der Waals surface area contributed by atoms with Crippen molar-refractivity contribution in [2.45, 2.75) is 18.9 Å². The molecule has 4 rings (SSSR count). The van der Waals surface area contributed by atoms with Gasteiger partial charge in [0.25, 0.3) is 5.91 Å². The van der Waals surface area contributed by atoms with Crippen LogP contribution in [0.2, 0.25) is 5.02 Å². The van der Waals surface area contributed by atoms with Gasteiger partial charge in [0.1, 0.15) is 5.58 Å². The number of hydrogen-bond donors (Lipinski definition) is 0. The van der Waals surface area contributed by atoms with Crippen LogP contribution in [0.15, 0.2) is 47.4 Å². The van der Waals surface area contributed by atoms with E-state index in [9.17, 15) is 4.79 Å². The second-order valence-electron chi connectivity index (χ2n) is 5.85. The maximum atomic E-state index is 12.7. The largest absolute Gasteiger partial charge is 0.451 e. The number of aromatic nitrogens is 2. The SMILES string of the molecule is O=C(c1cc2cc(Cl)ccc2o1)N1CCC[C@H](n2ccnc2)C1. The van der Waals surface area contributed by atoms with Crippen molar-refractivity contribution in [2.75, 3.05) is 13.1 Å². The lowest BCUT2D eigenvalue weighted by Crippen LogP contribution is -2.40. The molecule has 1 amide bonds. The van der Waals surface area contributed by atoms with Crippen molar-refractivity contribution in [3.05, 3.63) is 53.8 Å². The number of carbonyl (C=O) groups is 1. The molecular formula is C17H16ClN3O2. The van der Waals surface area contributed by atoms with Crippen LogP contribution in [0.1, 0.15) is 29.4 Å². The minimum Gasteiger partial charge on any atom is -0.451 e. The zero-order valence-electron chi connectivity index (χ0n) is 12.5. The molecule has 0 radical (unpaired) electrons. The summed E-state index contributed by atoms with van der Waals surface area (Å²) < 4.78 is 7.76. The van der Waals surface area contributed by atoms with Gasteiger partial charge in [0.15, 0.2) is 5.76 Å². The van der Waals surface area contributed by atoms with Gasteiger partial charge in [-0.15, -0.1) is 0 Å². The standard InChI is InChI=1S/C17H16ClN3O2/c18-13-3-4-15-12(8-13)9-16(23-15)17(22)20-6-1-2-14(10-20)21-7-5-19-11-21/h3-5,7-9,11,14H,1-2,6,10H2/t14-/m0/s1. The lowest BCUT2D eigenvalue weighted by molar-refractivity contribution is 0.0650. The molecule has 5 nitrogen and oxygen atoms in total. The highest BCUT2D eigenvalue weighted by Crippen LogP contribution is 2.26. The summed E-state index contributed by atoms with van der Waals surface area (Å²) in [5, 5.41) is 1.49.